The standard InChI is InChI=1S/C25H28FN3O4/c1-2-14-27-22(30)21-17-33-25(29(21)24(32)18-6-4-3-5-7-18)12-15-28(16-13-25)23(31)19-8-10-20(26)11-9-19/h3-11,21H,2,12-17H2,1H3,(H,27,30). The molecule has 174 valence electrons. The summed E-state index contributed by atoms with van der Waals surface area (Å²) in [4.78, 5) is 42.5. The molecule has 2 fully saturated rings. The van der Waals surface area contributed by atoms with Gasteiger partial charge >= 0.3 is 0 Å². The van der Waals surface area contributed by atoms with Gasteiger partial charge in [0.05, 0.1) is 6.61 Å². The van der Waals surface area contributed by atoms with Crippen molar-refractivity contribution in [3.63, 3.8) is 0 Å². The lowest BCUT2D eigenvalue weighted by atomic mass is 9.96. The van der Waals surface area contributed by atoms with Crippen LogP contribution in [0.15, 0.2) is 54.6 Å². The quantitative estimate of drug-likeness (QED) is 0.755. The predicted molar refractivity (Wildman–Crippen MR) is 120 cm³/mol. The molecule has 0 aliphatic carbocycles. The van der Waals surface area contributed by atoms with Crippen molar-refractivity contribution >= 4 is 17.7 Å². The first-order chi connectivity index (χ1) is 15.9. The van der Waals surface area contributed by atoms with Gasteiger partial charge < -0.3 is 15.0 Å². The molecule has 0 radical (unpaired) electrons. The molecule has 2 aromatic carbocycles. The predicted octanol–water partition coefficient (Wildman–Crippen LogP) is 2.83. The second kappa shape index (κ2) is 9.70. The summed E-state index contributed by atoms with van der Waals surface area (Å²) in [6.45, 7) is 3.32. The van der Waals surface area contributed by atoms with Gasteiger partial charge in [-0.1, -0.05) is 25.1 Å². The highest BCUT2D eigenvalue weighted by Crippen LogP contribution is 2.38. The van der Waals surface area contributed by atoms with E-state index in [1.165, 1.54) is 24.3 Å². The summed E-state index contributed by atoms with van der Waals surface area (Å²) < 4.78 is 19.4. The van der Waals surface area contributed by atoms with Gasteiger partial charge in [-0.3, -0.25) is 19.3 Å². The zero-order valence-corrected chi connectivity index (χ0v) is 18.6. The number of amides is 3. The van der Waals surface area contributed by atoms with E-state index in [4.69, 9.17) is 4.74 Å². The molecule has 2 saturated heterocycles. The van der Waals surface area contributed by atoms with Crippen LogP contribution in [0.1, 0.15) is 46.9 Å². The minimum atomic E-state index is -0.958. The van der Waals surface area contributed by atoms with Gasteiger partial charge in [-0.2, -0.15) is 0 Å². The first kappa shape index (κ1) is 22.9. The Labute approximate surface area is 192 Å². The van der Waals surface area contributed by atoms with Crippen LogP contribution >= 0.6 is 0 Å². The van der Waals surface area contributed by atoms with E-state index in [1.54, 1.807) is 34.1 Å². The van der Waals surface area contributed by atoms with Gasteiger partial charge in [0, 0.05) is 43.6 Å². The van der Waals surface area contributed by atoms with Gasteiger partial charge in [0.15, 0.2) is 0 Å². The van der Waals surface area contributed by atoms with E-state index in [2.05, 4.69) is 5.32 Å². The lowest BCUT2D eigenvalue weighted by Crippen LogP contribution is -2.59. The minimum absolute atomic E-state index is 0.111. The first-order valence-electron chi connectivity index (χ1n) is 11.3. The Morgan fingerprint density at radius 3 is 2.27 bits per heavy atom. The number of piperidine rings is 1. The third kappa shape index (κ3) is 4.61. The number of ether oxygens (including phenoxy) is 1. The number of carbonyl (C=O) groups is 3. The highest BCUT2D eigenvalue weighted by Gasteiger charge is 2.54. The minimum Gasteiger partial charge on any atom is -0.354 e. The van der Waals surface area contributed by atoms with Gasteiger partial charge in [0.2, 0.25) is 5.91 Å². The van der Waals surface area contributed by atoms with Crippen LogP contribution in [-0.4, -0.2) is 65.5 Å². The van der Waals surface area contributed by atoms with Crippen LogP contribution in [0.2, 0.25) is 0 Å². The van der Waals surface area contributed by atoms with Gasteiger partial charge in [0.25, 0.3) is 11.8 Å². The lowest BCUT2D eigenvalue weighted by Gasteiger charge is -2.44. The Hall–Kier alpha value is -3.26. The van der Waals surface area contributed by atoms with E-state index in [0.717, 1.165) is 6.42 Å². The monoisotopic (exact) mass is 453 g/mol. The van der Waals surface area contributed by atoms with E-state index < -0.39 is 17.6 Å². The van der Waals surface area contributed by atoms with Gasteiger partial charge in [-0.05, 0) is 42.8 Å². The second-order valence-electron chi connectivity index (χ2n) is 8.40. The van der Waals surface area contributed by atoms with E-state index in [1.807, 2.05) is 13.0 Å². The number of carbonyl (C=O) groups excluding carboxylic acids is 3. The molecule has 3 amide bonds. The third-order valence-corrected chi connectivity index (χ3v) is 6.28. The Kier molecular flexibility index (Phi) is 6.74. The third-order valence-electron chi connectivity index (χ3n) is 6.28. The number of rotatable bonds is 5. The summed E-state index contributed by atoms with van der Waals surface area (Å²) in [6.07, 6.45) is 1.56. The fraction of sp³-hybridized carbons (Fsp3) is 0.400. The molecule has 2 aromatic rings. The molecule has 1 atom stereocenters. The van der Waals surface area contributed by atoms with Crippen LogP contribution in [0, 0.1) is 5.82 Å². The van der Waals surface area contributed by atoms with E-state index in [0.29, 0.717) is 43.6 Å². The SMILES string of the molecule is CCCNC(=O)C1COC2(CCN(C(=O)c3ccc(F)cc3)CC2)N1C(=O)c1ccccc1. The number of likely N-dealkylation sites (tertiary alicyclic amines) is 1. The van der Waals surface area contributed by atoms with Gasteiger partial charge in [-0.15, -0.1) is 0 Å². The maximum Gasteiger partial charge on any atom is 0.256 e. The molecule has 1 N–H and O–H groups in total. The number of nitrogens with zero attached hydrogens (tertiary/aromatic N) is 2. The van der Waals surface area contributed by atoms with Gasteiger partial charge in [-0.25, -0.2) is 4.39 Å². The molecule has 1 unspecified atom stereocenters. The molecule has 0 saturated carbocycles. The maximum atomic E-state index is 13.5. The molecule has 7 nitrogen and oxygen atoms in total. The van der Waals surface area contributed by atoms with Crippen LogP contribution in [-0.2, 0) is 9.53 Å². The molecule has 0 bridgehead atoms. The van der Waals surface area contributed by atoms with Crippen LogP contribution in [0.5, 0.6) is 0 Å². The number of hydrogen-bond donors (Lipinski definition) is 1. The van der Waals surface area contributed by atoms with Crippen molar-refractivity contribution in [2.75, 3.05) is 26.2 Å². The molecule has 4 rings (SSSR count). The highest BCUT2D eigenvalue weighted by atomic mass is 19.1. The Bertz CT molecular complexity index is 1000. The number of benzene rings is 2. The number of hydrogen-bond acceptors (Lipinski definition) is 4. The summed E-state index contributed by atoms with van der Waals surface area (Å²) in [6, 6.07) is 13.6. The van der Waals surface area contributed by atoms with Crippen LogP contribution in [0.25, 0.3) is 0 Å². The molecular weight excluding hydrogens is 425 g/mol. The van der Waals surface area contributed by atoms with Gasteiger partial charge in [0.1, 0.15) is 17.6 Å². The first-order valence-corrected chi connectivity index (χ1v) is 11.3. The van der Waals surface area contributed by atoms with E-state index in [-0.39, 0.29) is 24.3 Å². The zero-order chi connectivity index (χ0) is 23.4. The Balaban J connectivity index is 1.55. The molecule has 2 aliphatic rings. The summed E-state index contributed by atoms with van der Waals surface area (Å²) in [5.74, 6) is -1.09. The average molecular weight is 454 g/mol. The van der Waals surface area contributed by atoms with E-state index in [9.17, 15) is 18.8 Å². The fourth-order valence-corrected chi connectivity index (χ4v) is 4.49. The largest absolute Gasteiger partial charge is 0.354 e. The second-order valence-corrected chi connectivity index (χ2v) is 8.40. The van der Waals surface area contributed by atoms with E-state index >= 15 is 0 Å². The van der Waals surface area contributed by atoms with Crippen molar-refractivity contribution in [1.29, 1.82) is 0 Å². The van der Waals surface area contributed by atoms with Crippen molar-refractivity contribution in [2.45, 2.75) is 38.0 Å². The lowest BCUT2D eigenvalue weighted by molar-refractivity contribution is -0.128. The van der Waals surface area contributed by atoms with Crippen LogP contribution in [0.4, 0.5) is 4.39 Å². The van der Waals surface area contributed by atoms with Crippen molar-refractivity contribution < 1.29 is 23.5 Å². The van der Waals surface area contributed by atoms with Crippen molar-refractivity contribution in [3.05, 3.63) is 71.5 Å². The highest BCUT2D eigenvalue weighted by molar-refractivity contribution is 5.98. The Morgan fingerprint density at radius 1 is 1.00 bits per heavy atom. The summed E-state index contributed by atoms with van der Waals surface area (Å²) in [7, 11) is 0. The molecule has 1 spiro atoms. The van der Waals surface area contributed by atoms with Crippen molar-refractivity contribution in [3.8, 4) is 0 Å². The summed E-state index contributed by atoms with van der Waals surface area (Å²) >= 11 is 0. The maximum absolute atomic E-state index is 13.5. The molecule has 2 heterocycles. The van der Waals surface area contributed by atoms with Crippen molar-refractivity contribution in [1.82, 2.24) is 15.1 Å². The van der Waals surface area contributed by atoms with Crippen molar-refractivity contribution in [2.24, 2.45) is 0 Å². The Morgan fingerprint density at radius 2 is 1.64 bits per heavy atom. The summed E-state index contributed by atoms with van der Waals surface area (Å²) in [5.41, 5.74) is -0.0602. The van der Waals surface area contributed by atoms with Crippen LogP contribution < -0.4 is 5.32 Å². The number of halogens is 1. The van der Waals surface area contributed by atoms with Crippen LogP contribution in [0.3, 0.4) is 0 Å². The normalized spacial score (nSPS) is 19.5. The topological polar surface area (TPSA) is 79.0 Å². The smallest absolute Gasteiger partial charge is 0.256 e. The zero-order valence-electron chi connectivity index (χ0n) is 18.6. The molecule has 8 heteroatoms. The summed E-state index contributed by atoms with van der Waals surface area (Å²) in [5, 5.41) is 2.88. The average Bonchev–Trinajstić information content (AvgIpc) is 3.21. The molecule has 2 aliphatic heterocycles. The fourth-order valence-electron chi connectivity index (χ4n) is 4.49. The molecular formula is C25H28FN3O4. The molecule has 0 aromatic heterocycles. The number of nitrogens with one attached hydrogen (secondary N) is 1. The molecule has 33 heavy (non-hydrogen) atoms.